The van der Waals surface area contributed by atoms with Gasteiger partial charge in [0.25, 0.3) is 11.7 Å². The molecule has 5 rings (SSSR count). The lowest BCUT2D eigenvalue weighted by atomic mass is 9.88. The van der Waals surface area contributed by atoms with Crippen LogP contribution in [0.25, 0.3) is 5.76 Å². The molecule has 172 valence electrons. The Morgan fingerprint density at radius 2 is 1.59 bits per heavy atom. The van der Waals surface area contributed by atoms with E-state index in [0.29, 0.717) is 17.0 Å². The minimum atomic E-state index is -0.746. The molecule has 3 aromatic carbocycles. The first-order chi connectivity index (χ1) is 16.5. The van der Waals surface area contributed by atoms with Crippen LogP contribution in [0.4, 0.5) is 5.69 Å². The van der Waals surface area contributed by atoms with Crippen LogP contribution in [0.2, 0.25) is 0 Å². The zero-order chi connectivity index (χ0) is 23.8. The van der Waals surface area contributed by atoms with Crippen LogP contribution in [0.15, 0.2) is 72.3 Å². The van der Waals surface area contributed by atoms with Gasteiger partial charge in [-0.15, -0.1) is 0 Å². The Kier molecular flexibility index (Phi) is 5.70. The molecule has 5 nitrogen and oxygen atoms in total. The van der Waals surface area contributed by atoms with E-state index in [4.69, 9.17) is 4.74 Å². The van der Waals surface area contributed by atoms with Crippen LogP contribution in [0.3, 0.4) is 0 Å². The molecule has 1 amide bonds. The van der Waals surface area contributed by atoms with Gasteiger partial charge in [0, 0.05) is 11.3 Å². The highest BCUT2D eigenvalue weighted by Crippen LogP contribution is 2.42. The zero-order valence-corrected chi connectivity index (χ0v) is 19.4. The van der Waals surface area contributed by atoms with Crippen molar-refractivity contribution in [1.29, 1.82) is 0 Å². The quantitative estimate of drug-likeness (QED) is 0.321. The summed E-state index contributed by atoms with van der Waals surface area (Å²) in [4.78, 5) is 28.1. The monoisotopic (exact) mass is 453 g/mol. The number of amides is 1. The number of fused-ring (bicyclic) bond motifs is 1. The van der Waals surface area contributed by atoms with Crippen LogP contribution < -0.4 is 9.64 Å². The highest BCUT2D eigenvalue weighted by atomic mass is 16.5. The second kappa shape index (κ2) is 8.82. The summed E-state index contributed by atoms with van der Waals surface area (Å²) >= 11 is 0. The number of carbonyl (C=O) groups is 2. The second-order valence-electron chi connectivity index (χ2n) is 8.97. The van der Waals surface area contributed by atoms with Crippen LogP contribution in [0.5, 0.6) is 5.75 Å². The largest absolute Gasteiger partial charge is 0.507 e. The van der Waals surface area contributed by atoms with E-state index in [1.807, 2.05) is 61.5 Å². The fourth-order valence-corrected chi connectivity index (χ4v) is 4.94. The number of carbonyl (C=O) groups excluding carboxylic acids is 2. The number of nitrogens with zero attached hydrogens (tertiary/aromatic N) is 1. The van der Waals surface area contributed by atoms with Gasteiger partial charge in [0.2, 0.25) is 0 Å². The highest BCUT2D eigenvalue weighted by Gasteiger charge is 2.47. The molecule has 1 fully saturated rings. The number of hydrogen-bond acceptors (Lipinski definition) is 4. The summed E-state index contributed by atoms with van der Waals surface area (Å²) in [5, 5.41) is 11.4. The summed E-state index contributed by atoms with van der Waals surface area (Å²) in [6.45, 7) is 1.97. The molecular formula is C29H27NO4. The molecule has 0 saturated carbocycles. The lowest BCUT2D eigenvalue weighted by molar-refractivity contribution is -0.132. The van der Waals surface area contributed by atoms with Crippen molar-refractivity contribution in [3.63, 3.8) is 0 Å². The third-order valence-electron chi connectivity index (χ3n) is 6.81. The smallest absolute Gasteiger partial charge is 0.300 e. The third kappa shape index (κ3) is 3.77. The lowest BCUT2D eigenvalue weighted by Crippen LogP contribution is -2.29. The number of rotatable bonds is 4. The predicted molar refractivity (Wildman–Crippen MR) is 132 cm³/mol. The summed E-state index contributed by atoms with van der Waals surface area (Å²) in [7, 11) is 1.59. The summed E-state index contributed by atoms with van der Waals surface area (Å²) < 4.78 is 5.29. The molecule has 5 heteroatoms. The summed E-state index contributed by atoms with van der Waals surface area (Å²) in [6, 6.07) is 19.8. The van der Waals surface area contributed by atoms with Crippen molar-refractivity contribution < 1.29 is 19.4 Å². The number of benzene rings is 3. The van der Waals surface area contributed by atoms with Crippen molar-refractivity contribution in [2.24, 2.45) is 0 Å². The molecule has 1 aliphatic carbocycles. The number of ether oxygens (including phenoxy) is 1. The Morgan fingerprint density at radius 1 is 0.912 bits per heavy atom. The van der Waals surface area contributed by atoms with Crippen LogP contribution in [0, 0.1) is 6.92 Å². The molecule has 1 heterocycles. The Bertz CT molecular complexity index is 1290. The second-order valence-corrected chi connectivity index (χ2v) is 8.97. The van der Waals surface area contributed by atoms with Gasteiger partial charge in [-0.2, -0.15) is 0 Å². The standard InChI is InChI=1S/C29H27NO4/c1-18-7-13-23(14-8-18)30-26(20-11-15-24(34-2)16-12-20)25(28(32)29(30)33)27(31)22-10-9-19-5-3-4-6-21(19)17-22/h7-17,26,31H,3-6H2,1-2H3/b27-25-. The maximum Gasteiger partial charge on any atom is 0.300 e. The van der Waals surface area contributed by atoms with Crippen LogP contribution >= 0.6 is 0 Å². The molecule has 1 N–H and O–H groups in total. The minimum Gasteiger partial charge on any atom is -0.507 e. The number of methoxy groups -OCH3 is 1. The number of hydrogen-bond donors (Lipinski definition) is 1. The molecule has 0 bridgehead atoms. The van der Waals surface area contributed by atoms with E-state index >= 15 is 0 Å². The summed E-state index contributed by atoms with van der Waals surface area (Å²) in [5.74, 6) is -0.798. The van der Waals surface area contributed by atoms with E-state index in [0.717, 1.165) is 36.8 Å². The van der Waals surface area contributed by atoms with Gasteiger partial charge in [0.15, 0.2) is 0 Å². The Hall–Kier alpha value is -3.86. The molecule has 1 saturated heterocycles. The van der Waals surface area contributed by atoms with Crippen molar-refractivity contribution in [3.8, 4) is 5.75 Å². The average Bonchev–Trinajstić information content (AvgIpc) is 3.14. The predicted octanol–water partition coefficient (Wildman–Crippen LogP) is 5.51. The number of aliphatic hydroxyl groups is 1. The number of Topliss-reactive ketones (excluding diaryl/α,β-unsaturated/α-hetero) is 1. The average molecular weight is 454 g/mol. The van der Waals surface area contributed by atoms with Gasteiger partial charge < -0.3 is 9.84 Å². The van der Waals surface area contributed by atoms with Gasteiger partial charge in [-0.05, 0) is 79.6 Å². The molecule has 1 aliphatic heterocycles. The van der Waals surface area contributed by atoms with E-state index in [1.165, 1.54) is 16.0 Å². The molecule has 1 atom stereocenters. The van der Waals surface area contributed by atoms with Gasteiger partial charge in [0.05, 0.1) is 18.7 Å². The first-order valence-electron chi connectivity index (χ1n) is 11.6. The normalized spacial score (nSPS) is 19.2. The molecule has 1 unspecified atom stereocenters. The third-order valence-corrected chi connectivity index (χ3v) is 6.81. The maximum absolute atomic E-state index is 13.3. The first-order valence-corrected chi connectivity index (χ1v) is 11.6. The maximum atomic E-state index is 13.3. The van der Waals surface area contributed by atoms with Crippen molar-refractivity contribution in [1.82, 2.24) is 0 Å². The number of aryl methyl sites for hydroxylation is 3. The van der Waals surface area contributed by atoms with Gasteiger partial charge in [0.1, 0.15) is 11.5 Å². The molecule has 2 aliphatic rings. The Balaban J connectivity index is 1.68. The molecule has 34 heavy (non-hydrogen) atoms. The SMILES string of the molecule is COc1ccc(C2/C(=C(/O)c3ccc4c(c3)CCCC4)C(=O)C(=O)N2c2ccc(C)cc2)cc1. The highest BCUT2D eigenvalue weighted by molar-refractivity contribution is 6.51. The van der Waals surface area contributed by atoms with Crippen LogP contribution in [0.1, 0.15) is 46.7 Å². The summed E-state index contributed by atoms with van der Waals surface area (Å²) in [6.07, 6.45) is 4.26. The topological polar surface area (TPSA) is 66.8 Å². The zero-order valence-electron chi connectivity index (χ0n) is 19.4. The minimum absolute atomic E-state index is 0.103. The van der Waals surface area contributed by atoms with E-state index in [9.17, 15) is 14.7 Å². The fraction of sp³-hybridized carbons (Fsp3) is 0.241. The molecule has 0 spiro atoms. The van der Waals surface area contributed by atoms with Gasteiger partial charge in [-0.25, -0.2) is 0 Å². The van der Waals surface area contributed by atoms with Crippen molar-refractivity contribution in [2.75, 3.05) is 12.0 Å². The fourth-order valence-electron chi connectivity index (χ4n) is 4.94. The van der Waals surface area contributed by atoms with Crippen LogP contribution in [-0.2, 0) is 22.4 Å². The van der Waals surface area contributed by atoms with Crippen LogP contribution in [-0.4, -0.2) is 23.9 Å². The number of aliphatic hydroxyl groups excluding tert-OH is 1. The Labute approximate surface area is 199 Å². The van der Waals surface area contributed by atoms with Crippen molar-refractivity contribution >= 4 is 23.1 Å². The van der Waals surface area contributed by atoms with E-state index < -0.39 is 17.7 Å². The van der Waals surface area contributed by atoms with E-state index in [-0.39, 0.29) is 11.3 Å². The van der Waals surface area contributed by atoms with Gasteiger partial charge in [-0.1, -0.05) is 42.0 Å². The molecular weight excluding hydrogens is 426 g/mol. The van der Waals surface area contributed by atoms with E-state index in [2.05, 4.69) is 0 Å². The number of ketones is 1. The summed E-state index contributed by atoms with van der Waals surface area (Å²) in [5.41, 5.74) is 5.54. The molecule has 3 aromatic rings. The van der Waals surface area contributed by atoms with Gasteiger partial charge in [-0.3, -0.25) is 14.5 Å². The lowest BCUT2D eigenvalue weighted by Gasteiger charge is -2.26. The van der Waals surface area contributed by atoms with E-state index in [1.54, 1.807) is 19.2 Å². The Morgan fingerprint density at radius 3 is 2.26 bits per heavy atom. The molecule has 0 aromatic heterocycles. The number of anilines is 1. The molecule has 0 radical (unpaired) electrons. The first kappa shape index (κ1) is 22.0. The van der Waals surface area contributed by atoms with Crippen molar-refractivity contribution in [3.05, 3.63) is 100 Å². The van der Waals surface area contributed by atoms with Gasteiger partial charge >= 0.3 is 0 Å². The van der Waals surface area contributed by atoms with Crippen molar-refractivity contribution in [2.45, 2.75) is 38.6 Å².